The van der Waals surface area contributed by atoms with Crippen LogP contribution < -0.4 is 10.0 Å². The molecule has 1 aliphatic carbocycles. The minimum absolute atomic E-state index is 0.0569. The topological polar surface area (TPSA) is 75.3 Å². The summed E-state index contributed by atoms with van der Waals surface area (Å²) in [6.45, 7) is 1.76. The summed E-state index contributed by atoms with van der Waals surface area (Å²) in [6, 6.07) is 9.81. The Bertz CT molecular complexity index is 945. The van der Waals surface area contributed by atoms with E-state index in [0.717, 1.165) is 30.5 Å². The SMILES string of the molecule is CC(NC(=O)c1ccc(F)c(S(=O)(=O)NC2CC2)c1)c1ccccc1Cl. The molecule has 0 heterocycles. The zero-order valence-electron chi connectivity index (χ0n) is 14.0. The highest BCUT2D eigenvalue weighted by molar-refractivity contribution is 7.89. The largest absolute Gasteiger partial charge is 0.345 e. The molecule has 0 aliphatic heterocycles. The number of amides is 1. The maximum Gasteiger partial charge on any atom is 0.251 e. The molecular formula is C18H18ClFN2O3S. The summed E-state index contributed by atoms with van der Waals surface area (Å²) in [7, 11) is -4.00. The van der Waals surface area contributed by atoms with Crippen molar-refractivity contribution in [2.75, 3.05) is 0 Å². The monoisotopic (exact) mass is 396 g/mol. The lowest BCUT2D eigenvalue weighted by molar-refractivity contribution is 0.0939. The van der Waals surface area contributed by atoms with E-state index < -0.39 is 32.7 Å². The summed E-state index contributed by atoms with van der Waals surface area (Å²) < 4.78 is 41.0. The van der Waals surface area contributed by atoms with Gasteiger partial charge in [0.1, 0.15) is 10.7 Å². The van der Waals surface area contributed by atoms with Crippen LogP contribution in [0.15, 0.2) is 47.4 Å². The van der Waals surface area contributed by atoms with Crippen molar-refractivity contribution in [3.8, 4) is 0 Å². The molecule has 26 heavy (non-hydrogen) atoms. The lowest BCUT2D eigenvalue weighted by Gasteiger charge is -2.16. The predicted octanol–water partition coefficient (Wildman–Crippen LogP) is 3.41. The average molecular weight is 397 g/mol. The molecule has 2 aromatic carbocycles. The van der Waals surface area contributed by atoms with E-state index in [1.807, 2.05) is 0 Å². The number of halogens is 2. The highest BCUT2D eigenvalue weighted by Gasteiger charge is 2.30. The normalized spacial score (nSPS) is 15.5. The Labute approximate surface area is 156 Å². The third-order valence-corrected chi connectivity index (χ3v) is 5.98. The second-order valence-corrected chi connectivity index (χ2v) is 8.35. The minimum atomic E-state index is -4.00. The van der Waals surface area contributed by atoms with E-state index in [2.05, 4.69) is 10.0 Å². The Balaban J connectivity index is 1.81. The lowest BCUT2D eigenvalue weighted by Crippen LogP contribution is -2.29. The molecule has 1 amide bonds. The molecule has 3 rings (SSSR count). The van der Waals surface area contributed by atoms with Crippen LogP contribution >= 0.6 is 11.6 Å². The minimum Gasteiger partial charge on any atom is -0.345 e. The van der Waals surface area contributed by atoms with Crippen LogP contribution in [0.25, 0.3) is 0 Å². The van der Waals surface area contributed by atoms with Gasteiger partial charge in [0, 0.05) is 16.6 Å². The summed E-state index contributed by atoms with van der Waals surface area (Å²) in [6.07, 6.45) is 1.47. The van der Waals surface area contributed by atoms with E-state index in [0.29, 0.717) is 5.02 Å². The van der Waals surface area contributed by atoms with Gasteiger partial charge in [-0.05, 0) is 49.6 Å². The van der Waals surface area contributed by atoms with Gasteiger partial charge in [-0.1, -0.05) is 29.8 Å². The van der Waals surface area contributed by atoms with Crippen LogP contribution in [0.2, 0.25) is 5.02 Å². The first kappa shape index (κ1) is 18.8. The van der Waals surface area contributed by atoms with Crippen molar-refractivity contribution in [2.45, 2.75) is 36.7 Å². The van der Waals surface area contributed by atoms with Gasteiger partial charge in [0.15, 0.2) is 0 Å². The van der Waals surface area contributed by atoms with Gasteiger partial charge in [-0.3, -0.25) is 4.79 Å². The number of carbonyl (C=O) groups excluding carboxylic acids is 1. The highest BCUT2D eigenvalue weighted by atomic mass is 35.5. The first-order valence-electron chi connectivity index (χ1n) is 8.15. The molecule has 0 saturated heterocycles. The smallest absolute Gasteiger partial charge is 0.251 e. The molecule has 0 aromatic heterocycles. The van der Waals surface area contributed by atoms with E-state index in [-0.39, 0.29) is 11.6 Å². The number of carbonyl (C=O) groups is 1. The molecular weight excluding hydrogens is 379 g/mol. The molecule has 0 bridgehead atoms. The quantitative estimate of drug-likeness (QED) is 0.785. The van der Waals surface area contributed by atoms with Crippen molar-refractivity contribution in [1.82, 2.24) is 10.0 Å². The molecule has 138 valence electrons. The molecule has 1 aliphatic rings. The number of rotatable bonds is 6. The fourth-order valence-electron chi connectivity index (χ4n) is 2.52. The maximum absolute atomic E-state index is 14.0. The first-order valence-corrected chi connectivity index (χ1v) is 10.0. The second-order valence-electron chi connectivity index (χ2n) is 6.26. The summed E-state index contributed by atoms with van der Waals surface area (Å²) >= 11 is 6.12. The number of nitrogens with one attached hydrogen (secondary N) is 2. The van der Waals surface area contributed by atoms with Crippen LogP contribution in [-0.4, -0.2) is 20.4 Å². The van der Waals surface area contributed by atoms with Gasteiger partial charge in [-0.15, -0.1) is 0 Å². The van der Waals surface area contributed by atoms with Gasteiger partial charge in [0.25, 0.3) is 5.91 Å². The summed E-state index contributed by atoms with van der Waals surface area (Å²) in [4.78, 5) is 11.9. The Morgan fingerprint density at radius 2 is 1.92 bits per heavy atom. The van der Waals surface area contributed by atoms with E-state index in [4.69, 9.17) is 11.6 Å². The number of sulfonamides is 1. The average Bonchev–Trinajstić information content (AvgIpc) is 3.38. The standard InChI is InChI=1S/C18H18ClFN2O3S/c1-11(14-4-2-3-5-15(14)19)21-18(23)12-6-9-16(20)17(10-12)26(24,25)22-13-7-8-13/h2-6,9-11,13,22H,7-8H2,1H3,(H,21,23). The Morgan fingerprint density at radius 1 is 1.23 bits per heavy atom. The Morgan fingerprint density at radius 3 is 2.58 bits per heavy atom. The van der Waals surface area contributed by atoms with E-state index in [9.17, 15) is 17.6 Å². The third-order valence-electron chi connectivity index (χ3n) is 4.10. The van der Waals surface area contributed by atoms with Crippen LogP contribution in [0.4, 0.5) is 4.39 Å². The van der Waals surface area contributed by atoms with Crippen molar-refractivity contribution in [1.29, 1.82) is 0 Å². The molecule has 1 saturated carbocycles. The van der Waals surface area contributed by atoms with Crippen molar-refractivity contribution in [3.05, 3.63) is 64.4 Å². The van der Waals surface area contributed by atoms with E-state index in [1.54, 1.807) is 31.2 Å². The molecule has 2 N–H and O–H groups in total. The molecule has 1 atom stereocenters. The molecule has 1 unspecified atom stereocenters. The van der Waals surface area contributed by atoms with Gasteiger partial charge in [-0.25, -0.2) is 17.5 Å². The molecule has 1 fully saturated rings. The third kappa shape index (κ3) is 4.23. The second kappa shape index (κ2) is 7.34. The van der Waals surface area contributed by atoms with Crippen molar-refractivity contribution in [2.24, 2.45) is 0 Å². The predicted molar refractivity (Wildman–Crippen MR) is 97.1 cm³/mol. The van der Waals surface area contributed by atoms with Crippen LogP contribution in [-0.2, 0) is 10.0 Å². The van der Waals surface area contributed by atoms with Gasteiger partial charge in [0.2, 0.25) is 10.0 Å². The van der Waals surface area contributed by atoms with Gasteiger partial charge in [-0.2, -0.15) is 0 Å². The van der Waals surface area contributed by atoms with Gasteiger partial charge >= 0.3 is 0 Å². The molecule has 5 nitrogen and oxygen atoms in total. The molecule has 2 aromatic rings. The van der Waals surface area contributed by atoms with Crippen molar-refractivity contribution < 1.29 is 17.6 Å². The Kier molecular flexibility index (Phi) is 5.32. The zero-order chi connectivity index (χ0) is 18.9. The Hall–Kier alpha value is -1.96. The number of hydrogen-bond donors (Lipinski definition) is 2. The van der Waals surface area contributed by atoms with Crippen LogP contribution in [0.3, 0.4) is 0 Å². The summed E-state index contributed by atoms with van der Waals surface area (Å²) in [5.41, 5.74) is 0.786. The van der Waals surface area contributed by atoms with E-state index in [1.165, 1.54) is 6.07 Å². The van der Waals surface area contributed by atoms with Crippen LogP contribution in [0.1, 0.15) is 41.7 Å². The van der Waals surface area contributed by atoms with Crippen molar-refractivity contribution >= 4 is 27.5 Å². The molecule has 0 radical (unpaired) electrons. The molecule has 8 heteroatoms. The fourth-order valence-corrected chi connectivity index (χ4v) is 4.23. The highest BCUT2D eigenvalue weighted by Crippen LogP contribution is 2.25. The van der Waals surface area contributed by atoms with Gasteiger partial charge < -0.3 is 5.32 Å². The van der Waals surface area contributed by atoms with Crippen LogP contribution in [0, 0.1) is 5.82 Å². The maximum atomic E-state index is 14.0. The van der Waals surface area contributed by atoms with E-state index >= 15 is 0 Å². The van der Waals surface area contributed by atoms with Gasteiger partial charge in [0.05, 0.1) is 6.04 Å². The first-order chi connectivity index (χ1) is 12.3. The molecule has 0 spiro atoms. The van der Waals surface area contributed by atoms with Crippen LogP contribution in [0.5, 0.6) is 0 Å². The number of benzene rings is 2. The van der Waals surface area contributed by atoms with Crippen molar-refractivity contribution in [3.63, 3.8) is 0 Å². The lowest BCUT2D eigenvalue weighted by atomic mass is 10.1. The zero-order valence-corrected chi connectivity index (χ0v) is 15.6. The fraction of sp³-hybridized carbons (Fsp3) is 0.278. The number of hydrogen-bond acceptors (Lipinski definition) is 3. The summed E-state index contributed by atoms with van der Waals surface area (Å²) in [5.74, 6) is -1.41. The summed E-state index contributed by atoms with van der Waals surface area (Å²) in [5, 5.41) is 3.25.